The first-order valence-corrected chi connectivity index (χ1v) is 9.43. The summed E-state index contributed by atoms with van der Waals surface area (Å²) < 4.78 is 2.27. The van der Waals surface area contributed by atoms with E-state index >= 15 is 0 Å². The Hall–Kier alpha value is -2.55. The summed E-state index contributed by atoms with van der Waals surface area (Å²) in [6.07, 6.45) is 2.68. The molecule has 3 rings (SSSR count). The van der Waals surface area contributed by atoms with Gasteiger partial charge in [-0.15, -0.1) is 0 Å². The fraction of sp³-hybridized carbons (Fsp3) is 0.348. The second-order valence-corrected chi connectivity index (χ2v) is 7.28. The molecule has 0 saturated carbocycles. The normalized spacial score (nSPS) is 12.5. The highest BCUT2D eigenvalue weighted by Gasteiger charge is 2.22. The molecule has 0 aliphatic rings. The van der Waals surface area contributed by atoms with E-state index in [4.69, 9.17) is 0 Å². The molecule has 0 spiro atoms. The van der Waals surface area contributed by atoms with Gasteiger partial charge in [0.15, 0.2) is 0 Å². The van der Waals surface area contributed by atoms with E-state index in [1.165, 1.54) is 27.6 Å². The Morgan fingerprint density at radius 2 is 1.77 bits per heavy atom. The van der Waals surface area contributed by atoms with Crippen molar-refractivity contribution in [2.45, 2.75) is 52.6 Å². The zero-order chi connectivity index (χ0) is 18.7. The Bertz CT molecular complexity index is 890. The van der Waals surface area contributed by atoms with Crippen LogP contribution in [0.3, 0.4) is 0 Å². The van der Waals surface area contributed by atoms with E-state index < -0.39 is 0 Å². The largest absolute Gasteiger partial charge is 0.354 e. The molecule has 0 bridgehead atoms. The second kappa shape index (κ2) is 7.77. The lowest BCUT2D eigenvalue weighted by Crippen LogP contribution is -2.31. The summed E-state index contributed by atoms with van der Waals surface area (Å²) in [5, 5.41) is 4.28. The smallest absolute Gasteiger partial charge is 0.221 e. The minimum Gasteiger partial charge on any atom is -0.354 e. The summed E-state index contributed by atoms with van der Waals surface area (Å²) >= 11 is 0. The van der Waals surface area contributed by atoms with Crippen LogP contribution in [0.5, 0.6) is 0 Å². The van der Waals surface area contributed by atoms with E-state index in [-0.39, 0.29) is 17.9 Å². The van der Waals surface area contributed by atoms with Crippen LogP contribution in [-0.4, -0.2) is 16.5 Å². The predicted octanol–water partition coefficient (Wildman–Crippen LogP) is 5.02. The number of para-hydroxylation sites is 1. The van der Waals surface area contributed by atoms with E-state index in [1.807, 2.05) is 13.8 Å². The Morgan fingerprint density at radius 3 is 2.42 bits per heavy atom. The molecule has 1 amide bonds. The van der Waals surface area contributed by atoms with Crippen molar-refractivity contribution in [2.24, 2.45) is 0 Å². The second-order valence-electron chi connectivity index (χ2n) is 7.28. The van der Waals surface area contributed by atoms with Crippen LogP contribution < -0.4 is 5.32 Å². The van der Waals surface area contributed by atoms with Crippen LogP contribution in [0.25, 0.3) is 10.9 Å². The highest BCUT2D eigenvalue weighted by molar-refractivity contribution is 5.86. The molecular weight excluding hydrogens is 320 g/mol. The molecule has 0 unspecified atom stereocenters. The van der Waals surface area contributed by atoms with E-state index in [1.54, 1.807) is 0 Å². The van der Waals surface area contributed by atoms with Gasteiger partial charge in [-0.25, -0.2) is 0 Å². The van der Waals surface area contributed by atoms with E-state index in [9.17, 15) is 4.79 Å². The summed E-state index contributed by atoms with van der Waals surface area (Å²) in [5.41, 5.74) is 4.88. The fourth-order valence-electron chi connectivity index (χ4n) is 3.59. The van der Waals surface area contributed by atoms with Crippen LogP contribution >= 0.6 is 0 Å². The number of nitrogens with zero attached hydrogens (tertiary/aromatic N) is 1. The molecule has 0 aliphatic carbocycles. The first-order chi connectivity index (χ1) is 12.5. The molecule has 0 radical (unpaired) electrons. The van der Waals surface area contributed by atoms with Gasteiger partial charge in [0.25, 0.3) is 0 Å². The highest BCUT2D eigenvalue weighted by Crippen LogP contribution is 2.35. The topological polar surface area (TPSA) is 34.0 Å². The molecule has 0 saturated heterocycles. The Morgan fingerprint density at radius 1 is 1.08 bits per heavy atom. The minimum atomic E-state index is 0.0482. The zero-order valence-corrected chi connectivity index (χ0v) is 16.1. The third kappa shape index (κ3) is 3.82. The minimum absolute atomic E-state index is 0.0482. The lowest BCUT2D eigenvalue weighted by atomic mass is 9.87. The Labute approximate surface area is 156 Å². The SMILES string of the molecule is CCn1cc([C@H](CC(=O)NC(C)C)c2ccc(C)cc2)c2ccccc21. The maximum Gasteiger partial charge on any atom is 0.221 e. The number of carbonyl (C=O) groups excluding carboxylic acids is 1. The third-order valence-electron chi connectivity index (χ3n) is 4.85. The van der Waals surface area contributed by atoms with Crippen LogP contribution in [0.1, 0.15) is 49.8 Å². The number of hydrogen-bond donors (Lipinski definition) is 1. The molecule has 1 aromatic heterocycles. The quantitative estimate of drug-likeness (QED) is 0.667. The highest BCUT2D eigenvalue weighted by atomic mass is 16.1. The average Bonchev–Trinajstić information content (AvgIpc) is 2.99. The number of benzene rings is 2. The molecule has 1 atom stereocenters. The summed E-state index contributed by atoms with van der Waals surface area (Å²) in [4.78, 5) is 12.6. The average molecular weight is 348 g/mol. The first-order valence-electron chi connectivity index (χ1n) is 9.43. The van der Waals surface area contributed by atoms with Gasteiger partial charge in [0, 0.05) is 42.0 Å². The van der Waals surface area contributed by atoms with Gasteiger partial charge in [-0.3, -0.25) is 4.79 Å². The van der Waals surface area contributed by atoms with Crippen LogP contribution in [0, 0.1) is 6.92 Å². The predicted molar refractivity (Wildman–Crippen MR) is 109 cm³/mol. The molecule has 1 heterocycles. The van der Waals surface area contributed by atoms with Crippen molar-refractivity contribution in [3.8, 4) is 0 Å². The molecular formula is C23H28N2O. The molecule has 2 aromatic carbocycles. The number of rotatable bonds is 6. The number of nitrogens with one attached hydrogen (secondary N) is 1. The van der Waals surface area contributed by atoms with Gasteiger partial charge in [-0.05, 0) is 44.9 Å². The van der Waals surface area contributed by atoms with Gasteiger partial charge in [0.2, 0.25) is 5.91 Å². The molecule has 3 heteroatoms. The summed E-state index contributed by atoms with van der Waals surface area (Å²) in [7, 11) is 0. The number of amides is 1. The molecule has 136 valence electrons. The number of hydrogen-bond acceptors (Lipinski definition) is 1. The van der Waals surface area contributed by atoms with E-state index in [0.29, 0.717) is 6.42 Å². The monoisotopic (exact) mass is 348 g/mol. The van der Waals surface area contributed by atoms with Crippen LogP contribution in [-0.2, 0) is 11.3 Å². The van der Waals surface area contributed by atoms with Crippen molar-refractivity contribution in [2.75, 3.05) is 0 Å². The Balaban J connectivity index is 2.08. The van der Waals surface area contributed by atoms with Crippen molar-refractivity contribution in [3.63, 3.8) is 0 Å². The van der Waals surface area contributed by atoms with Crippen molar-refractivity contribution < 1.29 is 4.79 Å². The van der Waals surface area contributed by atoms with Crippen LogP contribution in [0.15, 0.2) is 54.7 Å². The van der Waals surface area contributed by atoms with Crippen LogP contribution in [0.4, 0.5) is 0 Å². The Kier molecular flexibility index (Phi) is 5.46. The number of carbonyl (C=O) groups is 1. The van der Waals surface area contributed by atoms with Gasteiger partial charge in [-0.1, -0.05) is 48.0 Å². The number of aromatic nitrogens is 1. The summed E-state index contributed by atoms with van der Waals surface area (Å²) in [5.74, 6) is 0.144. The molecule has 3 aromatic rings. The number of aryl methyl sites for hydroxylation is 2. The van der Waals surface area contributed by atoms with Gasteiger partial charge in [-0.2, -0.15) is 0 Å². The fourth-order valence-corrected chi connectivity index (χ4v) is 3.59. The molecule has 3 nitrogen and oxygen atoms in total. The van der Waals surface area contributed by atoms with Gasteiger partial charge in [0.05, 0.1) is 0 Å². The van der Waals surface area contributed by atoms with Crippen molar-refractivity contribution in [3.05, 3.63) is 71.4 Å². The lowest BCUT2D eigenvalue weighted by Gasteiger charge is -2.18. The van der Waals surface area contributed by atoms with Crippen LogP contribution in [0.2, 0.25) is 0 Å². The lowest BCUT2D eigenvalue weighted by molar-refractivity contribution is -0.121. The standard InChI is InChI=1S/C23H28N2O/c1-5-25-15-21(19-8-6-7-9-22(19)25)20(14-23(26)24-16(2)3)18-12-10-17(4)11-13-18/h6-13,15-16,20H,5,14H2,1-4H3,(H,24,26)/t20-/m1/s1. The van der Waals surface area contributed by atoms with Crippen molar-refractivity contribution >= 4 is 16.8 Å². The third-order valence-corrected chi connectivity index (χ3v) is 4.85. The molecule has 0 aliphatic heterocycles. The van der Waals surface area contributed by atoms with Gasteiger partial charge >= 0.3 is 0 Å². The van der Waals surface area contributed by atoms with E-state index in [0.717, 1.165) is 6.54 Å². The molecule has 1 N–H and O–H groups in total. The summed E-state index contributed by atoms with van der Waals surface area (Å²) in [6.45, 7) is 9.17. The first kappa shape index (κ1) is 18.2. The summed E-state index contributed by atoms with van der Waals surface area (Å²) in [6, 6.07) is 17.2. The molecule has 0 fully saturated rings. The zero-order valence-electron chi connectivity index (χ0n) is 16.1. The van der Waals surface area contributed by atoms with Gasteiger partial charge in [0.1, 0.15) is 0 Å². The van der Waals surface area contributed by atoms with Crippen molar-refractivity contribution in [1.82, 2.24) is 9.88 Å². The van der Waals surface area contributed by atoms with Crippen molar-refractivity contribution in [1.29, 1.82) is 0 Å². The van der Waals surface area contributed by atoms with E-state index in [2.05, 4.69) is 78.5 Å². The van der Waals surface area contributed by atoms with Gasteiger partial charge < -0.3 is 9.88 Å². The maximum atomic E-state index is 12.6. The number of fused-ring (bicyclic) bond motifs is 1. The molecule has 26 heavy (non-hydrogen) atoms. The maximum absolute atomic E-state index is 12.6.